The van der Waals surface area contributed by atoms with E-state index in [2.05, 4.69) is 0 Å². The minimum Gasteiger partial charge on any atom is -0.476 e. The van der Waals surface area contributed by atoms with Crippen LogP contribution in [0.15, 0.2) is 18.2 Å². The summed E-state index contributed by atoms with van der Waals surface area (Å²) < 4.78 is 24.1. The molecule has 1 unspecified atom stereocenters. The lowest BCUT2D eigenvalue weighted by atomic mass is 10.2. The molecule has 1 atom stereocenters. The molecule has 1 rings (SSSR count). The second-order valence-electron chi connectivity index (χ2n) is 4.12. The molecule has 0 aliphatic rings. The number of hydrogen-bond donors (Lipinski definition) is 1. The van der Waals surface area contributed by atoms with Gasteiger partial charge in [-0.05, 0) is 31.0 Å². The molecule has 0 aliphatic carbocycles. The lowest BCUT2D eigenvalue weighted by molar-refractivity contribution is -0.151. The molecule has 0 bridgehead atoms. The molecule has 0 heterocycles. The minimum absolute atomic E-state index is 0.0451. The van der Waals surface area contributed by atoms with Crippen LogP contribution < -0.4 is 10.5 Å². The highest BCUT2D eigenvalue weighted by atomic mass is 19.1. The number of halogens is 1. The Kier molecular flexibility index (Phi) is 6.29. The lowest BCUT2D eigenvalue weighted by Gasteiger charge is -2.17. The van der Waals surface area contributed by atoms with Crippen LogP contribution in [-0.2, 0) is 16.1 Å². The smallest absolute Gasteiger partial charge is 0.347 e. The first-order valence-electron chi connectivity index (χ1n) is 6.44. The van der Waals surface area contributed by atoms with Crippen LogP contribution >= 0.6 is 0 Å². The Morgan fingerprint density at radius 3 is 2.68 bits per heavy atom. The van der Waals surface area contributed by atoms with Crippen molar-refractivity contribution < 1.29 is 18.7 Å². The fourth-order valence-electron chi connectivity index (χ4n) is 1.64. The molecule has 0 fully saturated rings. The molecule has 0 saturated heterocycles. The third-order valence-electron chi connectivity index (χ3n) is 2.60. The molecule has 106 valence electrons. The average Bonchev–Trinajstić information content (AvgIpc) is 2.40. The van der Waals surface area contributed by atoms with Crippen LogP contribution in [0.2, 0.25) is 0 Å². The van der Waals surface area contributed by atoms with Gasteiger partial charge in [0.15, 0.2) is 17.7 Å². The molecule has 1 aromatic rings. The summed E-state index contributed by atoms with van der Waals surface area (Å²) in [5.41, 5.74) is 6.10. The van der Waals surface area contributed by atoms with Crippen LogP contribution in [0.5, 0.6) is 5.75 Å². The summed E-state index contributed by atoms with van der Waals surface area (Å²) in [4.78, 5) is 11.7. The Labute approximate surface area is 112 Å². The maximum atomic E-state index is 13.8. The van der Waals surface area contributed by atoms with Crippen molar-refractivity contribution in [2.75, 3.05) is 6.61 Å². The molecule has 4 nitrogen and oxygen atoms in total. The quantitative estimate of drug-likeness (QED) is 0.772. The highest BCUT2D eigenvalue weighted by Gasteiger charge is 2.22. The number of benzene rings is 1. The van der Waals surface area contributed by atoms with E-state index in [1.807, 2.05) is 6.92 Å². The molecular formula is C14H20FNO3. The van der Waals surface area contributed by atoms with Crippen LogP contribution in [0.25, 0.3) is 0 Å². The van der Waals surface area contributed by atoms with Gasteiger partial charge in [0, 0.05) is 6.54 Å². The van der Waals surface area contributed by atoms with Crippen LogP contribution in [0, 0.1) is 5.82 Å². The van der Waals surface area contributed by atoms with E-state index in [0.29, 0.717) is 12.0 Å². The van der Waals surface area contributed by atoms with Crippen molar-refractivity contribution in [3.63, 3.8) is 0 Å². The van der Waals surface area contributed by atoms with Crippen LogP contribution in [-0.4, -0.2) is 18.7 Å². The Bertz CT molecular complexity index is 423. The molecule has 0 aliphatic heterocycles. The van der Waals surface area contributed by atoms with Crippen molar-refractivity contribution in [1.29, 1.82) is 0 Å². The molecule has 0 saturated carbocycles. The van der Waals surface area contributed by atoms with Crippen molar-refractivity contribution in [3.05, 3.63) is 29.6 Å². The van der Waals surface area contributed by atoms with Gasteiger partial charge in [0.1, 0.15) is 0 Å². The zero-order chi connectivity index (χ0) is 14.3. The highest BCUT2D eigenvalue weighted by molar-refractivity contribution is 5.75. The van der Waals surface area contributed by atoms with Crippen LogP contribution in [0.4, 0.5) is 4.39 Å². The Balaban J connectivity index is 2.81. The second-order valence-corrected chi connectivity index (χ2v) is 4.12. The van der Waals surface area contributed by atoms with Crippen molar-refractivity contribution in [1.82, 2.24) is 0 Å². The summed E-state index contributed by atoms with van der Waals surface area (Å²) in [6, 6.07) is 4.47. The zero-order valence-electron chi connectivity index (χ0n) is 11.3. The SMILES string of the molecule is CCCC(Oc1ccc(CN)cc1F)C(=O)OCC. The van der Waals surface area contributed by atoms with Gasteiger partial charge in [-0.15, -0.1) is 0 Å². The fraction of sp³-hybridized carbons (Fsp3) is 0.500. The van der Waals surface area contributed by atoms with Crippen molar-refractivity contribution in [2.24, 2.45) is 5.73 Å². The van der Waals surface area contributed by atoms with Gasteiger partial charge in [0.2, 0.25) is 0 Å². The predicted octanol–water partition coefficient (Wildman–Crippen LogP) is 2.40. The third-order valence-corrected chi connectivity index (χ3v) is 2.60. The maximum absolute atomic E-state index is 13.8. The number of nitrogens with two attached hydrogens (primary N) is 1. The topological polar surface area (TPSA) is 61.5 Å². The number of esters is 1. The summed E-state index contributed by atoms with van der Waals surface area (Å²) in [7, 11) is 0. The van der Waals surface area contributed by atoms with Crippen LogP contribution in [0.3, 0.4) is 0 Å². The van der Waals surface area contributed by atoms with Crippen molar-refractivity contribution >= 4 is 5.97 Å². The van der Waals surface area contributed by atoms with Gasteiger partial charge < -0.3 is 15.2 Å². The first-order valence-corrected chi connectivity index (χ1v) is 6.44. The van der Waals surface area contributed by atoms with Crippen molar-refractivity contribution in [2.45, 2.75) is 39.3 Å². The molecule has 0 radical (unpaired) electrons. The molecule has 1 aromatic carbocycles. The molecule has 2 N–H and O–H groups in total. The Morgan fingerprint density at radius 2 is 2.16 bits per heavy atom. The largest absolute Gasteiger partial charge is 0.476 e. The van der Waals surface area contributed by atoms with E-state index in [-0.39, 0.29) is 18.9 Å². The van der Waals surface area contributed by atoms with E-state index in [4.69, 9.17) is 15.2 Å². The summed E-state index contributed by atoms with van der Waals surface area (Å²) in [6.07, 6.45) is 0.450. The molecule has 0 spiro atoms. The molecule has 0 aromatic heterocycles. The van der Waals surface area contributed by atoms with E-state index in [1.54, 1.807) is 13.0 Å². The van der Waals surface area contributed by atoms with Gasteiger partial charge in [0.05, 0.1) is 6.61 Å². The van der Waals surface area contributed by atoms with E-state index in [9.17, 15) is 9.18 Å². The standard InChI is InChI=1S/C14H20FNO3/c1-3-5-13(14(17)18-4-2)19-12-7-6-10(9-16)8-11(12)15/h6-8,13H,3-5,9,16H2,1-2H3. The normalized spacial score (nSPS) is 12.0. The zero-order valence-corrected chi connectivity index (χ0v) is 11.3. The van der Waals surface area contributed by atoms with E-state index < -0.39 is 17.9 Å². The summed E-state index contributed by atoms with van der Waals surface area (Å²) in [6.45, 7) is 4.17. The number of ether oxygens (including phenoxy) is 2. The fourth-order valence-corrected chi connectivity index (χ4v) is 1.64. The predicted molar refractivity (Wildman–Crippen MR) is 70.2 cm³/mol. The van der Waals surface area contributed by atoms with E-state index >= 15 is 0 Å². The number of carbonyl (C=O) groups is 1. The van der Waals surface area contributed by atoms with E-state index in [0.717, 1.165) is 6.42 Å². The maximum Gasteiger partial charge on any atom is 0.347 e. The van der Waals surface area contributed by atoms with Crippen LogP contribution in [0.1, 0.15) is 32.3 Å². The van der Waals surface area contributed by atoms with Gasteiger partial charge in [-0.1, -0.05) is 19.4 Å². The Morgan fingerprint density at radius 1 is 1.42 bits per heavy atom. The van der Waals surface area contributed by atoms with Gasteiger partial charge in [-0.25, -0.2) is 9.18 Å². The van der Waals surface area contributed by atoms with Gasteiger partial charge in [-0.2, -0.15) is 0 Å². The van der Waals surface area contributed by atoms with Gasteiger partial charge >= 0.3 is 5.97 Å². The average molecular weight is 269 g/mol. The van der Waals surface area contributed by atoms with Crippen molar-refractivity contribution in [3.8, 4) is 5.75 Å². The number of rotatable bonds is 7. The molecule has 5 heteroatoms. The summed E-state index contributed by atoms with van der Waals surface area (Å²) in [5.74, 6) is -0.941. The lowest BCUT2D eigenvalue weighted by Crippen LogP contribution is -2.29. The van der Waals surface area contributed by atoms with Gasteiger partial charge in [-0.3, -0.25) is 0 Å². The molecular weight excluding hydrogens is 249 g/mol. The minimum atomic E-state index is -0.775. The number of carbonyl (C=O) groups excluding carboxylic acids is 1. The first-order chi connectivity index (χ1) is 9.12. The van der Waals surface area contributed by atoms with E-state index in [1.165, 1.54) is 12.1 Å². The molecule has 19 heavy (non-hydrogen) atoms. The Hall–Kier alpha value is -1.62. The number of hydrogen-bond acceptors (Lipinski definition) is 4. The summed E-state index contributed by atoms with van der Waals surface area (Å²) in [5, 5.41) is 0. The highest BCUT2D eigenvalue weighted by Crippen LogP contribution is 2.21. The second kappa shape index (κ2) is 7.74. The summed E-state index contributed by atoms with van der Waals surface area (Å²) >= 11 is 0. The third kappa shape index (κ3) is 4.52. The van der Waals surface area contributed by atoms with Gasteiger partial charge in [0.25, 0.3) is 0 Å². The first kappa shape index (κ1) is 15.4. The monoisotopic (exact) mass is 269 g/mol. The molecule has 0 amide bonds.